The number of benzene rings is 1. The van der Waals surface area contributed by atoms with Crippen LogP contribution >= 0.6 is 0 Å². The topological polar surface area (TPSA) is 21.3 Å². The minimum absolute atomic E-state index is 0.452. The monoisotopic (exact) mass is 287 g/mol. The first-order valence-electron chi connectivity index (χ1n) is 8.28. The lowest BCUT2D eigenvalue weighted by atomic mass is 9.69. The first-order chi connectivity index (χ1) is 9.99. The van der Waals surface area contributed by atoms with E-state index in [1.165, 1.54) is 30.4 Å². The highest BCUT2D eigenvalue weighted by Gasteiger charge is 2.60. The Bertz CT molecular complexity index is 510. The van der Waals surface area contributed by atoms with E-state index in [0.717, 1.165) is 12.5 Å². The standard InChI is InChI=1S/C19H29NO/c1-18(2)16-9-10-19(18,3)17(11-16)20-12-14-7-5-6-8-15(14)13-21-4/h5-8,16-17,20H,9-13H2,1-4H3. The maximum atomic E-state index is 5.31. The molecule has 2 aliphatic carbocycles. The summed E-state index contributed by atoms with van der Waals surface area (Å²) in [5, 5.41) is 3.87. The molecule has 2 nitrogen and oxygen atoms in total. The minimum atomic E-state index is 0.452. The quantitative estimate of drug-likeness (QED) is 0.879. The summed E-state index contributed by atoms with van der Waals surface area (Å²) in [6.45, 7) is 9.12. The van der Waals surface area contributed by atoms with Gasteiger partial charge in [-0.15, -0.1) is 0 Å². The predicted molar refractivity (Wildman–Crippen MR) is 87.0 cm³/mol. The number of rotatable bonds is 5. The van der Waals surface area contributed by atoms with Crippen LogP contribution < -0.4 is 5.32 Å². The molecule has 0 heterocycles. The van der Waals surface area contributed by atoms with Gasteiger partial charge in [-0.25, -0.2) is 0 Å². The zero-order valence-corrected chi connectivity index (χ0v) is 13.9. The van der Waals surface area contributed by atoms with Crippen LogP contribution in [-0.4, -0.2) is 13.2 Å². The van der Waals surface area contributed by atoms with Gasteiger partial charge in [0.25, 0.3) is 0 Å². The maximum absolute atomic E-state index is 5.31. The molecule has 3 atom stereocenters. The predicted octanol–water partition coefficient (Wildman–Crippen LogP) is 4.14. The summed E-state index contributed by atoms with van der Waals surface area (Å²) in [6, 6.07) is 9.28. The van der Waals surface area contributed by atoms with Crippen molar-refractivity contribution in [1.82, 2.24) is 5.32 Å². The Morgan fingerprint density at radius 1 is 1.19 bits per heavy atom. The third kappa shape index (κ3) is 2.33. The van der Waals surface area contributed by atoms with Gasteiger partial charge in [-0.1, -0.05) is 45.0 Å². The van der Waals surface area contributed by atoms with Gasteiger partial charge >= 0.3 is 0 Å². The Balaban J connectivity index is 1.70. The maximum Gasteiger partial charge on any atom is 0.0716 e. The van der Waals surface area contributed by atoms with Crippen molar-refractivity contribution in [2.24, 2.45) is 16.7 Å². The Morgan fingerprint density at radius 3 is 2.48 bits per heavy atom. The summed E-state index contributed by atoms with van der Waals surface area (Å²) < 4.78 is 5.31. The normalized spacial score (nSPS) is 33.5. The third-order valence-electron chi connectivity index (χ3n) is 6.75. The lowest BCUT2D eigenvalue weighted by Gasteiger charge is -2.39. The van der Waals surface area contributed by atoms with Crippen molar-refractivity contribution in [3.8, 4) is 0 Å². The molecular formula is C19H29NO. The molecule has 0 aromatic heterocycles. The van der Waals surface area contributed by atoms with Crippen LogP contribution in [0.15, 0.2) is 24.3 Å². The van der Waals surface area contributed by atoms with Crippen LogP contribution in [0.25, 0.3) is 0 Å². The average molecular weight is 287 g/mol. The van der Waals surface area contributed by atoms with Crippen LogP contribution in [0.1, 0.15) is 51.2 Å². The van der Waals surface area contributed by atoms with Gasteiger partial charge in [-0.05, 0) is 47.1 Å². The summed E-state index contributed by atoms with van der Waals surface area (Å²) in [4.78, 5) is 0. The molecule has 2 heteroatoms. The SMILES string of the molecule is COCc1ccccc1CNC1CC2CCC1(C)C2(C)C. The van der Waals surface area contributed by atoms with Crippen molar-refractivity contribution < 1.29 is 4.74 Å². The highest BCUT2D eigenvalue weighted by molar-refractivity contribution is 5.26. The number of hydrogen-bond acceptors (Lipinski definition) is 2. The fraction of sp³-hybridized carbons (Fsp3) is 0.684. The summed E-state index contributed by atoms with van der Waals surface area (Å²) in [6.07, 6.45) is 4.14. The van der Waals surface area contributed by atoms with Crippen molar-refractivity contribution in [1.29, 1.82) is 0 Å². The zero-order valence-electron chi connectivity index (χ0n) is 13.9. The Labute approximate surface area is 129 Å². The Morgan fingerprint density at radius 2 is 1.90 bits per heavy atom. The van der Waals surface area contributed by atoms with E-state index >= 15 is 0 Å². The van der Waals surface area contributed by atoms with Crippen molar-refractivity contribution in [3.05, 3.63) is 35.4 Å². The summed E-state index contributed by atoms with van der Waals surface area (Å²) in [5.74, 6) is 0.897. The van der Waals surface area contributed by atoms with Gasteiger partial charge < -0.3 is 10.1 Å². The van der Waals surface area contributed by atoms with E-state index in [0.29, 0.717) is 23.5 Å². The van der Waals surface area contributed by atoms with E-state index in [-0.39, 0.29) is 0 Å². The molecule has 2 fully saturated rings. The molecule has 3 unspecified atom stereocenters. The van der Waals surface area contributed by atoms with Gasteiger partial charge in [0.2, 0.25) is 0 Å². The average Bonchev–Trinajstić information content (AvgIpc) is 2.79. The fourth-order valence-corrected chi connectivity index (χ4v) is 4.77. The van der Waals surface area contributed by atoms with E-state index in [2.05, 4.69) is 50.4 Å². The van der Waals surface area contributed by atoms with Crippen LogP contribution in [0.4, 0.5) is 0 Å². The van der Waals surface area contributed by atoms with E-state index in [4.69, 9.17) is 4.74 Å². The highest BCUT2D eigenvalue weighted by atomic mass is 16.5. The lowest BCUT2D eigenvalue weighted by Crippen LogP contribution is -2.44. The van der Waals surface area contributed by atoms with Gasteiger partial charge in [0.15, 0.2) is 0 Å². The van der Waals surface area contributed by atoms with E-state index < -0.39 is 0 Å². The van der Waals surface area contributed by atoms with Crippen LogP contribution in [-0.2, 0) is 17.9 Å². The molecule has 1 aromatic carbocycles. The molecule has 0 saturated heterocycles. The number of hydrogen-bond donors (Lipinski definition) is 1. The number of nitrogens with one attached hydrogen (secondary N) is 1. The molecule has 0 spiro atoms. The lowest BCUT2D eigenvalue weighted by molar-refractivity contribution is 0.120. The van der Waals surface area contributed by atoms with E-state index in [1.54, 1.807) is 7.11 Å². The second kappa shape index (κ2) is 5.40. The molecule has 0 aliphatic heterocycles. The van der Waals surface area contributed by atoms with Crippen LogP contribution in [0.3, 0.4) is 0 Å². The molecule has 1 aromatic rings. The minimum Gasteiger partial charge on any atom is -0.380 e. The molecule has 3 rings (SSSR count). The zero-order chi connectivity index (χ0) is 15.1. The first kappa shape index (κ1) is 15.1. The van der Waals surface area contributed by atoms with Crippen molar-refractivity contribution >= 4 is 0 Å². The molecule has 2 aliphatic rings. The molecule has 0 radical (unpaired) electrons. The van der Waals surface area contributed by atoms with Gasteiger partial charge in [-0.3, -0.25) is 0 Å². The molecule has 1 N–H and O–H groups in total. The smallest absolute Gasteiger partial charge is 0.0716 e. The molecule has 116 valence electrons. The number of methoxy groups -OCH3 is 1. The second-order valence-corrected chi connectivity index (χ2v) is 7.75. The van der Waals surface area contributed by atoms with Gasteiger partial charge in [0, 0.05) is 19.7 Å². The van der Waals surface area contributed by atoms with Crippen molar-refractivity contribution in [2.75, 3.05) is 7.11 Å². The molecular weight excluding hydrogens is 258 g/mol. The Hall–Kier alpha value is -0.860. The van der Waals surface area contributed by atoms with Crippen LogP contribution in [0, 0.1) is 16.7 Å². The van der Waals surface area contributed by atoms with E-state index in [1.807, 2.05) is 0 Å². The van der Waals surface area contributed by atoms with Crippen LogP contribution in [0.5, 0.6) is 0 Å². The van der Waals surface area contributed by atoms with Gasteiger partial charge in [-0.2, -0.15) is 0 Å². The van der Waals surface area contributed by atoms with Gasteiger partial charge in [0.1, 0.15) is 0 Å². The van der Waals surface area contributed by atoms with Gasteiger partial charge in [0.05, 0.1) is 6.61 Å². The fourth-order valence-electron chi connectivity index (χ4n) is 4.77. The van der Waals surface area contributed by atoms with Crippen molar-refractivity contribution in [3.63, 3.8) is 0 Å². The number of ether oxygens (including phenoxy) is 1. The van der Waals surface area contributed by atoms with Crippen molar-refractivity contribution in [2.45, 2.75) is 59.2 Å². The van der Waals surface area contributed by atoms with Crippen LogP contribution in [0.2, 0.25) is 0 Å². The molecule has 21 heavy (non-hydrogen) atoms. The molecule has 0 amide bonds. The molecule has 2 bridgehead atoms. The second-order valence-electron chi connectivity index (χ2n) is 7.75. The molecule has 2 saturated carbocycles. The highest BCUT2D eigenvalue weighted by Crippen LogP contribution is 2.65. The third-order valence-corrected chi connectivity index (χ3v) is 6.75. The van der Waals surface area contributed by atoms with E-state index in [9.17, 15) is 0 Å². The summed E-state index contributed by atoms with van der Waals surface area (Å²) >= 11 is 0. The summed E-state index contributed by atoms with van der Waals surface area (Å²) in [5.41, 5.74) is 3.62. The first-order valence-corrected chi connectivity index (χ1v) is 8.28. The largest absolute Gasteiger partial charge is 0.380 e. The Kier molecular flexibility index (Phi) is 3.87. The summed E-state index contributed by atoms with van der Waals surface area (Å²) in [7, 11) is 1.77. The number of fused-ring (bicyclic) bond motifs is 2.